The maximum absolute atomic E-state index is 7.28. The zero-order valence-corrected chi connectivity index (χ0v) is 9.91. The number of hydrogen-bond acceptors (Lipinski definition) is 0. The summed E-state index contributed by atoms with van der Waals surface area (Å²) in [6, 6.07) is 5.26. The van der Waals surface area contributed by atoms with Crippen LogP contribution in [0.3, 0.4) is 0 Å². The van der Waals surface area contributed by atoms with Gasteiger partial charge in [0.15, 0.2) is 0 Å². The average molecular weight is 338 g/mol. The molecule has 0 saturated carbocycles. The summed E-state index contributed by atoms with van der Waals surface area (Å²) >= 11 is 5.81. The van der Waals surface area contributed by atoms with Crippen LogP contribution in [0.1, 0.15) is 12.5 Å². The molecule has 1 aromatic carbocycles. The average Bonchev–Trinajstić information content (AvgIpc) is 1.94. The van der Waals surface area contributed by atoms with Crippen molar-refractivity contribution in [1.82, 2.24) is 0 Å². The monoisotopic (exact) mass is 338 g/mol. The minimum atomic E-state index is 0. The van der Waals surface area contributed by atoms with Crippen molar-refractivity contribution in [2.24, 2.45) is 0 Å². The van der Waals surface area contributed by atoms with Crippen LogP contribution in [0.2, 0.25) is 5.02 Å². The Morgan fingerprint density at radius 3 is 2.55 bits per heavy atom. The molecule has 0 saturated heterocycles. The first-order valence-corrected chi connectivity index (χ1v) is 3.62. The van der Waals surface area contributed by atoms with Crippen LogP contribution in [-0.2, 0) is 27.5 Å². The van der Waals surface area contributed by atoms with Gasteiger partial charge in [-0.05, 0) is 18.1 Å². The number of halogens is 1. The van der Waals surface area contributed by atoms with Crippen molar-refractivity contribution in [3.8, 4) is 0 Å². The maximum Gasteiger partial charge on any atom is 0.0437 e. The van der Waals surface area contributed by atoms with E-state index < -0.39 is 0 Å². The molecule has 60 valence electrons. The van der Waals surface area contributed by atoms with Gasteiger partial charge in [0.1, 0.15) is 0 Å². The fraction of sp³-hybridized carbons (Fsp3) is 0.250. The molecule has 0 aliphatic heterocycles. The Morgan fingerprint density at radius 2 is 2.09 bits per heavy atom. The Hall–Kier alpha value is -0.00169. The van der Waals surface area contributed by atoms with E-state index in [0.29, 0.717) is 5.69 Å². The number of nitrogens with one attached hydrogen (secondary N) is 1. The maximum atomic E-state index is 7.28. The topological polar surface area (TPSA) is 23.8 Å². The molecule has 11 heavy (non-hydrogen) atoms. The van der Waals surface area contributed by atoms with Crippen LogP contribution in [-0.4, -0.2) is 0 Å². The van der Waals surface area contributed by atoms with Gasteiger partial charge in [-0.2, -0.15) is 0 Å². The fourth-order valence-corrected chi connectivity index (χ4v) is 1.10. The third-order valence-electron chi connectivity index (χ3n) is 1.43. The normalized spacial score (nSPS) is 8.91. The predicted molar refractivity (Wildman–Crippen MR) is 44.8 cm³/mol. The molecule has 3 heteroatoms. The summed E-state index contributed by atoms with van der Waals surface area (Å²) in [6.45, 7) is 2.03. The summed E-state index contributed by atoms with van der Waals surface area (Å²) in [7, 11) is 0. The van der Waals surface area contributed by atoms with Gasteiger partial charge in [0.2, 0.25) is 0 Å². The van der Waals surface area contributed by atoms with E-state index in [1.807, 2.05) is 6.92 Å². The van der Waals surface area contributed by atoms with Gasteiger partial charge in [-0.3, -0.25) is 0 Å². The molecule has 1 aromatic rings. The zero-order chi connectivity index (χ0) is 7.56. The fourth-order valence-electron chi connectivity index (χ4n) is 0.846. The van der Waals surface area contributed by atoms with Gasteiger partial charge in [0.05, 0.1) is 0 Å². The first kappa shape index (κ1) is 11.0. The van der Waals surface area contributed by atoms with Gasteiger partial charge in [-0.25, -0.2) is 0 Å². The van der Waals surface area contributed by atoms with E-state index in [4.69, 9.17) is 17.3 Å². The zero-order valence-electron chi connectivity index (χ0n) is 6.23. The molecular weight excluding hydrogens is 329 g/mol. The van der Waals surface area contributed by atoms with Crippen molar-refractivity contribution in [3.63, 3.8) is 0 Å². The Morgan fingerprint density at radius 1 is 1.45 bits per heavy atom. The minimum absolute atomic E-state index is 0. The van der Waals surface area contributed by atoms with E-state index in [2.05, 4.69) is 0 Å². The van der Waals surface area contributed by atoms with Crippen LogP contribution in [0.5, 0.6) is 0 Å². The molecule has 1 nitrogen and oxygen atoms in total. The van der Waals surface area contributed by atoms with Gasteiger partial charge in [-0.15, -0.1) is 5.69 Å². The van der Waals surface area contributed by atoms with E-state index in [1.54, 1.807) is 18.2 Å². The molecule has 0 aliphatic rings. The third-order valence-corrected chi connectivity index (χ3v) is 1.80. The number of aryl methyl sites for hydroxylation is 1. The molecule has 1 N–H and O–H groups in total. The first-order valence-electron chi connectivity index (χ1n) is 3.24. The third kappa shape index (κ3) is 2.84. The molecule has 0 bridgehead atoms. The van der Waals surface area contributed by atoms with Gasteiger partial charge < -0.3 is 5.73 Å². The van der Waals surface area contributed by atoms with Gasteiger partial charge in [0, 0.05) is 26.1 Å². The molecule has 0 aliphatic carbocycles. The second-order valence-corrected chi connectivity index (χ2v) is 2.57. The predicted octanol–water partition coefficient (Wildman–Crippen LogP) is 3.58. The number of hydrogen-bond donors (Lipinski definition) is 0. The second kappa shape index (κ2) is 4.79. The van der Waals surface area contributed by atoms with Crippen LogP contribution in [0.15, 0.2) is 18.2 Å². The SMILES string of the molecule is CCc1cc([NH-])ccc1Cl.[W]. The van der Waals surface area contributed by atoms with Crippen LogP contribution in [0, 0.1) is 0 Å². The molecule has 0 fully saturated rings. The van der Waals surface area contributed by atoms with Gasteiger partial charge >= 0.3 is 0 Å². The summed E-state index contributed by atoms with van der Waals surface area (Å²) in [6.07, 6.45) is 0.894. The quantitative estimate of drug-likeness (QED) is 0.747. The summed E-state index contributed by atoms with van der Waals surface area (Å²) < 4.78 is 0. The second-order valence-electron chi connectivity index (χ2n) is 2.16. The van der Waals surface area contributed by atoms with Gasteiger partial charge in [-0.1, -0.05) is 30.7 Å². The number of rotatable bonds is 1. The van der Waals surface area contributed by atoms with Crippen molar-refractivity contribution < 1.29 is 21.1 Å². The van der Waals surface area contributed by atoms with Crippen LogP contribution < -0.4 is 0 Å². The van der Waals surface area contributed by atoms with E-state index >= 15 is 0 Å². The van der Waals surface area contributed by atoms with Crippen molar-refractivity contribution in [2.75, 3.05) is 0 Å². The Balaban J connectivity index is 0.000001000. The van der Waals surface area contributed by atoms with Crippen LogP contribution >= 0.6 is 11.6 Å². The molecule has 0 amide bonds. The van der Waals surface area contributed by atoms with Gasteiger partial charge in [0.25, 0.3) is 0 Å². The largest absolute Gasteiger partial charge is 0.699 e. The van der Waals surface area contributed by atoms with Crippen LogP contribution in [0.25, 0.3) is 5.73 Å². The van der Waals surface area contributed by atoms with E-state index in [0.717, 1.165) is 17.0 Å². The Labute approximate surface area is 86.2 Å². The molecule has 0 spiro atoms. The van der Waals surface area contributed by atoms with Crippen LogP contribution in [0.4, 0.5) is 5.69 Å². The molecular formula is C8H9ClNW-. The summed E-state index contributed by atoms with van der Waals surface area (Å²) in [5.74, 6) is 0. The van der Waals surface area contributed by atoms with Crippen molar-refractivity contribution in [2.45, 2.75) is 13.3 Å². The molecule has 0 atom stereocenters. The summed E-state index contributed by atoms with van der Waals surface area (Å²) in [4.78, 5) is 0. The summed E-state index contributed by atoms with van der Waals surface area (Å²) in [5.41, 5.74) is 8.86. The molecule has 0 unspecified atom stereocenters. The van der Waals surface area contributed by atoms with E-state index in [1.165, 1.54) is 0 Å². The molecule has 1 rings (SSSR count). The van der Waals surface area contributed by atoms with E-state index in [9.17, 15) is 0 Å². The molecule has 0 heterocycles. The summed E-state index contributed by atoms with van der Waals surface area (Å²) in [5, 5.41) is 0.763. The van der Waals surface area contributed by atoms with Crippen molar-refractivity contribution in [1.29, 1.82) is 0 Å². The standard InChI is InChI=1S/C8H9ClN.W/c1-2-6-5-7(10)3-4-8(6)9;/h3-5,10H,2H2,1H3;/q-1;. The van der Waals surface area contributed by atoms with Crippen molar-refractivity contribution in [3.05, 3.63) is 34.5 Å². The Kier molecular flexibility index (Phi) is 4.79. The van der Waals surface area contributed by atoms with Crippen molar-refractivity contribution >= 4 is 17.3 Å². The smallest absolute Gasteiger partial charge is 0.0437 e. The van der Waals surface area contributed by atoms with E-state index in [-0.39, 0.29) is 21.1 Å². The first-order chi connectivity index (χ1) is 4.74. The number of benzene rings is 1. The minimum Gasteiger partial charge on any atom is -0.699 e. The molecule has 0 radical (unpaired) electrons. The Bertz CT molecular complexity index is 238. The molecule has 0 aromatic heterocycles.